The van der Waals surface area contributed by atoms with Gasteiger partial charge < -0.3 is 15.0 Å². The first kappa shape index (κ1) is 15.3. The van der Waals surface area contributed by atoms with Crippen LogP contribution in [0.4, 0.5) is 0 Å². The van der Waals surface area contributed by atoms with Crippen molar-refractivity contribution >= 4 is 11.8 Å². The van der Waals surface area contributed by atoms with Crippen LogP contribution >= 0.6 is 0 Å². The van der Waals surface area contributed by atoms with Crippen molar-refractivity contribution in [2.45, 2.75) is 58.5 Å². The number of hydrogen-bond donors (Lipinski definition) is 1. The molecular formula is C15H26N2O3. The third-order valence-electron chi connectivity index (χ3n) is 4.94. The van der Waals surface area contributed by atoms with Crippen molar-refractivity contribution in [2.24, 2.45) is 5.41 Å². The van der Waals surface area contributed by atoms with Gasteiger partial charge in [-0.1, -0.05) is 13.8 Å². The number of ether oxygens (including phenoxy) is 1. The summed E-state index contributed by atoms with van der Waals surface area (Å²) in [6, 6.07) is -0.387. The van der Waals surface area contributed by atoms with Gasteiger partial charge in [-0.25, -0.2) is 0 Å². The smallest absolute Gasteiger partial charge is 0.248 e. The Morgan fingerprint density at radius 2 is 1.90 bits per heavy atom. The molecule has 0 aromatic carbocycles. The average Bonchev–Trinajstić information content (AvgIpc) is 2.42. The van der Waals surface area contributed by atoms with E-state index in [9.17, 15) is 9.59 Å². The first-order chi connectivity index (χ1) is 9.31. The largest absolute Gasteiger partial charge is 0.381 e. The van der Waals surface area contributed by atoms with Crippen LogP contribution in [0.25, 0.3) is 0 Å². The topological polar surface area (TPSA) is 58.6 Å². The summed E-state index contributed by atoms with van der Waals surface area (Å²) in [7, 11) is 0. The lowest BCUT2D eigenvalue weighted by atomic mass is 9.80. The van der Waals surface area contributed by atoms with Gasteiger partial charge in [0.25, 0.3) is 0 Å². The molecule has 2 aliphatic rings. The third kappa shape index (κ3) is 2.68. The average molecular weight is 282 g/mol. The van der Waals surface area contributed by atoms with E-state index in [-0.39, 0.29) is 23.3 Å². The van der Waals surface area contributed by atoms with Crippen molar-refractivity contribution in [3.05, 3.63) is 0 Å². The van der Waals surface area contributed by atoms with Crippen molar-refractivity contribution in [2.75, 3.05) is 19.8 Å². The molecule has 2 aliphatic heterocycles. The van der Waals surface area contributed by atoms with Gasteiger partial charge in [0.2, 0.25) is 11.8 Å². The Bertz CT molecular complexity index is 404. The first-order valence-corrected chi connectivity index (χ1v) is 7.52. The molecule has 20 heavy (non-hydrogen) atoms. The summed E-state index contributed by atoms with van der Waals surface area (Å²) in [6.07, 6.45) is 2.49. The molecule has 2 unspecified atom stereocenters. The fourth-order valence-corrected chi connectivity index (χ4v) is 2.95. The summed E-state index contributed by atoms with van der Waals surface area (Å²) < 4.78 is 5.41. The van der Waals surface area contributed by atoms with Crippen LogP contribution in [0.15, 0.2) is 0 Å². The molecule has 5 heteroatoms. The fourth-order valence-electron chi connectivity index (χ4n) is 2.95. The Kier molecular flexibility index (Phi) is 4.09. The van der Waals surface area contributed by atoms with E-state index in [0.717, 1.165) is 26.1 Å². The van der Waals surface area contributed by atoms with Crippen LogP contribution in [-0.4, -0.2) is 48.1 Å². The molecule has 0 saturated carbocycles. The number of nitrogens with zero attached hydrogens (tertiary/aromatic N) is 1. The maximum Gasteiger partial charge on any atom is 0.248 e. The Labute approximate surface area is 121 Å². The van der Waals surface area contributed by atoms with Gasteiger partial charge in [-0.15, -0.1) is 0 Å². The minimum atomic E-state index is -0.759. The van der Waals surface area contributed by atoms with E-state index in [1.54, 1.807) is 4.90 Å². The summed E-state index contributed by atoms with van der Waals surface area (Å²) in [5.41, 5.74) is -0.709. The monoisotopic (exact) mass is 282 g/mol. The van der Waals surface area contributed by atoms with Crippen molar-refractivity contribution < 1.29 is 14.3 Å². The van der Waals surface area contributed by atoms with Gasteiger partial charge in [-0.3, -0.25) is 9.59 Å². The minimum Gasteiger partial charge on any atom is -0.381 e. The van der Waals surface area contributed by atoms with Crippen molar-refractivity contribution in [1.82, 2.24) is 10.2 Å². The molecule has 2 amide bonds. The van der Waals surface area contributed by atoms with E-state index < -0.39 is 5.54 Å². The number of hydrogen-bond acceptors (Lipinski definition) is 3. The van der Waals surface area contributed by atoms with Crippen LogP contribution in [0.1, 0.15) is 47.0 Å². The van der Waals surface area contributed by atoms with E-state index in [4.69, 9.17) is 4.74 Å². The summed E-state index contributed by atoms with van der Waals surface area (Å²) >= 11 is 0. The molecule has 0 aromatic rings. The Morgan fingerprint density at radius 3 is 2.45 bits per heavy atom. The molecule has 0 spiro atoms. The summed E-state index contributed by atoms with van der Waals surface area (Å²) in [5.74, 6) is -0.00979. The van der Waals surface area contributed by atoms with E-state index in [0.29, 0.717) is 13.0 Å². The number of piperazine rings is 1. The SMILES string of the molecule is CCC1(C)NC(=O)C(C)N(CC2(C)CCOCC2)C1=O. The second-order valence-corrected chi connectivity index (χ2v) is 6.71. The van der Waals surface area contributed by atoms with Gasteiger partial charge in [-0.2, -0.15) is 0 Å². The van der Waals surface area contributed by atoms with Gasteiger partial charge >= 0.3 is 0 Å². The molecule has 0 bridgehead atoms. The van der Waals surface area contributed by atoms with E-state index in [2.05, 4.69) is 12.2 Å². The highest BCUT2D eigenvalue weighted by Crippen LogP contribution is 2.33. The van der Waals surface area contributed by atoms with Crippen LogP contribution in [-0.2, 0) is 14.3 Å². The van der Waals surface area contributed by atoms with Gasteiger partial charge in [0.1, 0.15) is 11.6 Å². The Morgan fingerprint density at radius 1 is 1.30 bits per heavy atom. The highest BCUT2D eigenvalue weighted by Gasteiger charge is 2.47. The van der Waals surface area contributed by atoms with Crippen LogP contribution in [0.2, 0.25) is 0 Å². The molecule has 2 rings (SSSR count). The number of carbonyl (C=O) groups is 2. The molecule has 2 saturated heterocycles. The summed E-state index contributed by atoms with van der Waals surface area (Å²) in [6.45, 7) is 9.87. The molecule has 0 aromatic heterocycles. The van der Waals surface area contributed by atoms with Gasteiger partial charge in [0, 0.05) is 19.8 Å². The lowest BCUT2D eigenvalue weighted by Crippen LogP contribution is -2.69. The lowest BCUT2D eigenvalue weighted by Gasteiger charge is -2.47. The van der Waals surface area contributed by atoms with Crippen molar-refractivity contribution in [1.29, 1.82) is 0 Å². The van der Waals surface area contributed by atoms with Crippen LogP contribution in [0, 0.1) is 5.41 Å². The second-order valence-electron chi connectivity index (χ2n) is 6.71. The quantitative estimate of drug-likeness (QED) is 0.849. The van der Waals surface area contributed by atoms with Crippen LogP contribution in [0.5, 0.6) is 0 Å². The number of nitrogens with one attached hydrogen (secondary N) is 1. The van der Waals surface area contributed by atoms with Gasteiger partial charge in [0.05, 0.1) is 0 Å². The fraction of sp³-hybridized carbons (Fsp3) is 0.867. The Balaban J connectivity index is 2.19. The Hall–Kier alpha value is -1.10. The van der Waals surface area contributed by atoms with E-state index >= 15 is 0 Å². The molecule has 2 atom stereocenters. The lowest BCUT2D eigenvalue weighted by molar-refractivity contribution is -0.156. The highest BCUT2D eigenvalue weighted by molar-refractivity contribution is 5.99. The number of carbonyl (C=O) groups excluding carboxylic acids is 2. The minimum absolute atomic E-state index is 0.0415. The molecule has 2 heterocycles. The van der Waals surface area contributed by atoms with Gasteiger partial charge in [-0.05, 0) is 38.5 Å². The third-order valence-corrected chi connectivity index (χ3v) is 4.94. The van der Waals surface area contributed by atoms with Crippen LogP contribution < -0.4 is 5.32 Å². The van der Waals surface area contributed by atoms with Gasteiger partial charge in [0.15, 0.2) is 0 Å². The summed E-state index contributed by atoms with van der Waals surface area (Å²) in [5, 5.41) is 2.87. The van der Waals surface area contributed by atoms with Crippen LogP contribution in [0.3, 0.4) is 0 Å². The maximum absolute atomic E-state index is 12.7. The zero-order valence-corrected chi connectivity index (χ0v) is 13.0. The summed E-state index contributed by atoms with van der Waals surface area (Å²) in [4.78, 5) is 26.6. The molecule has 114 valence electrons. The molecule has 2 fully saturated rings. The molecule has 0 aliphatic carbocycles. The zero-order chi connectivity index (χ0) is 15.0. The molecule has 5 nitrogen and oxygen atoms in total. The standard InChI is InChI=1S/C15H26N2O3/c1-5-15(4)13(19)17(11(2)12(18)16-15)10-14(3)6-8-20-9-7-14/h11H,5-10H2,1-4H3,(H,16,18). The molecule has 0 radical (unpaired) electrons. The predicted molar refractivity (Wildman–Crippen MR) is 76.2 cm³/mol. The van der Waals surface area contributed by atoms with Crippen molar-refractivity contribution in [3.63, 3.8) is 0 Å². The maximum atomic E-state index is 12.7. The van der Waals surface area contributed by atoms with E-state index in [1.807, 2.05) is 20.8 Å². The highest BCUT2D eigenvalue weighted by atomic mass is 16.5. The number of amides is 2. The predicted octanol–water partition coefficient (Wildman–Crippen LogP) is 1.32. The van der Waals surface area contributed by atoms with E-state index in [1.165, 1.54) is 0 Å². The first-order valence-electron chi connectivity index (χ1n) is 7.52. The number of rotatable bonds is 3. The normalized spacial score (nSPS) is 34.0. The van der Waals surface area contributed by atoms with Crippen molar-refractivity contribution in [3.8, 4) is 0 Å². The molecular weight excluding hydrogens is 256 g/mol. The second kappa shape index (κ2) is 5.35. The zero-order valence-electron chi connectivity index (χ0n) is 13.0. The molecule has 1 N–H and O–H groups in total.